The zero-order chi connectivity index (χ0) is 38.5. The van der Waals surface area contributed by atoms with Gasteiger partial charge in [0, 0.05) is 27.6 Å². The zero-order valence-corrected chi connectivity index (χ0v) is 32.3. The quantitative estimate of drug-likeness (QED) is 0.168. The summed E-state index contributed by atoms with van der Waals surface area (Å²) in [6.07, 6.45) is 0. The van der Waals surface area contributed by atoms with Crippen LogP contribution in [-0.2, 0) is 5.41 Å². The number of nitrogens with zero attached hydrogens (tertiary/aromatic N) is 1. The molecule has 10 aromatic rings. The van der Waals surface area contributed by atoms with Crippen LogP contribution < -0.4 is 32.5 Å². The third kappa shape index (κ3) is 4.77. The Morgan fingerprint density at radius 1 is 0.448 bits per heavy atom. The van der Waals surface area contributed by atoms with Crippen LogP contribution in [0.3, 0.4) is 0 Å². The monoisotopic (exact) mass is 741 g/mol. The highest BCUT2D eigenvalue weighted by Gasteiger charge is 2.52. The Bertz CT molecular complexity index is 3180. The number of hydrogen-bond acceptors (Lipinski definition) is 3. The molecular weight excluding hydrogens is 704 g/mol. The molecule has 8 aromatic carbocycles. The van der Waals surface area contributed by atoms with Gasteiger partial charge in [0.2, 0.25) is 0 Å². The van der Waals surface area contributed by atoms with E-state index < -0.39 is 0 Å². The molecule has 0 aliphatic carbocycles. The lowest BCUT2D eigenvalue weighted by atomic mass is 9.28. The van der Waals surface area contributed by atoms with Crippen molar-refractivity contribution in [3.63, 3.8) is 0 Å². The second kappa shape index (κ2) is 12.5. The van der Waals surface area contributed by atoms with Crippen molar-refractivity contribution in [2.45, 2.75) is 19.3 Å². The van der Waals surface area contributed by atoms with E-state index in [1.807, 2.05) is 0 Å². The fraction of sp³-hybridized carbons (Fsp3) is 0.0566. The Labute approximate surface area is 338 Å². The van der Waals surface area contributed by atoms with Crippen LogP contribution in [0.5, 0.6) is 0 Å². The maximum atomic E-state index is 7.34. The first-order valence-electron chi connectivity index (χ1n) is 20.2. The Morgan fingerprint density at radius 3 is 1.78 bits per heavy atom. The van der Waals surface area contributed by atoms with Gasteiger partial charge in [-0.1, -0.05) is 177 Å². The zero-order valence-electron chi connectivity index (χ0n) is 32.3. The highest BCUT2D eigenvalue weighted by molar-refractivity contribution is 7.10. The minimum Gasteiger partial charge on any atom is -0.471 e. The number of hydrogen-bond donors (Lipinski definition) is 0. The van der Waals surface area contributed by atoms with Gasteiger partial charge in [-0.3, -0.25) is 0 Å². The molecule has 0 radical (unpaired) electrons. The summed E-state index contributed by atoms with van der Waals surface area (Å²) in [5.41, 5.74) is 16.7. The summed E-state index contributed by atoms with van der Waals surface area (Å²) in [7, 11) is 0. The molecule has 0 atom stereocenters. The van der Waals surface area contributed by atoms with Crippen molar-refractivity contribution in [2.24, 2.45) is 0 Å². The van der Waals surface area contributed by atoms with E-state index in [9.17, 15) is 0 Å². The predicted octanol–water partition coefficient (Wildman–Crippen LogP) is 10.1. The minimum atomic E-state index is -0.297. The van der Waals surface area contributed by atoms with E-state index >= 15 is 0 Å². The Kier molecular flexibility index (Phi) is 7.16. The van der Waals surface area contributed by atoms with Gasteiger partial charge in [-0.15, -0.1) is 0 Å². The lowest BCUT2D eigenvalue weighted by Crippen LogP contribution is -2.74. The standard InChI is InChI=1S/C53H37B2NO2/c1-53(2)42-22-9-11-24-44(42)56(45-25-12-10-23-43(45)53)55-49-41-21-8-13-26-46(41)57-51(49)54(50-48-40-20-7-6-17-36(40)29-32-47(48)58-52(50)55)39-30-27-35(28-31-39)38-19-14-18-37(33-38)34-15-4-3-5-16-34/h3-33H,1-2H3. The maximum Gasteiger partial charge on any atom is 0.372 e. The van der Waals surface area contributed by atoms with Crippen LogP contribution in [-0.4, -0.2) is 13.6 Å². The largest absolute Gasteiger partial charge is 0.471 e. The minimum absolute atomic E-state index is 0.197. The normalized spacial score (nSPS) is 14.1. The molecule has 2 aliphatic heterocycles. The van der Waals surface area contributed by atoms with Crippen LogP contribution in [0.25, 0.3) is 55.0 Å². The predicted molar refractivity (Wildman–Crippen MR) is 244 cm³/mol. The summed E-state index contributed by atoms with van der Waals surface area (Å²) >= 11 is 0. The van der Waals surface area contributed by atoms with E-state index in [4.69, 9.17) is 8.83 Å². The molecule has 0 fully saturated rings. The van der Waals surface area contributed by atoms with Gasteiger partial charge in [0.05, 0.1) is 11.3 Å². The molecule has 2 aromatic heterocycles. The third-order valence-corrected chi connectivity index (χ3v) is 12.9. The van der Waals surface area contributed by atoms with E-state index in [1.54, 1.807) is 0 Å². The number of para-hydroxylation sites is 3. The molecule has 5 heteroatoms. The smallest absolute Gasteiger partial charge is 0.372 e. The molecule has 0 bridgehead atoms. The summed E-state index contributed by atoms with van der Waals surface area (Å²) in [6, 6.07) is 68.0. The molecule has 3 nitrogen and oxygen atoms in total. The Morgan fingerprint density at radius 2 is 1.03 bits per heavy atom. The second-order valence-corrected chi connectivity index (χ2v) is 16.3. The molecule has 4 heterocycles. The van der Waals surface area contributed by atoms with Crippen molar-refractivity contribution in [3.8, 4) is 22.3 Å². The highest BCUT2D eigenvalue weighted by atomic mass is 16.3. The van der Waals surface area contributed by atoms with Gasteiger partial charge in [-0.2, -0.15) is 0 Å². The van der Waals surface area contributed by atoms with Crippen LogP contribution in [0.4, 0.5) is 11.4 Å². The van der Waals surface area contributed by atoms with Gasteiger partial charge < -0.3 is 13.6 Å². The van der Waals surface area contributed by atoms with E-state index in [-0.39, 0.29) is 19.0 Å². The molecular formula is C53H37B2NO2. The summed E-state index contributed by atoms with van der Waals surface area (Å²) in [5.74, 6) is 0. The van der Waals surface area contributed by atoms with Gasteiger partial charge in [-0.25, -0.2) is 0 Å². The third-order valence-electron chi connectivity index (χ3n) is 12.9. The van der Waals surface area contributed by atoms with Crippen LogP contribution in [0.15, 0.2) is 197 Å². The lowest BCUT2D eigenvalue weighted by Gasteiger charge is -2.45. The van der Waals surface area contributed by atoms with Crippen molar-refractivity contribution in [1.29, 1.82) is 0 Å². The fourth-order valence-corrected chi connectivity index (χ4v) is 10.2. The molecule has 2 aliphatic rings. The molecule has 12 rings (SSSR count). The first-order chi connectivity index (χ1) is 28.5. The molecule has 0 N–H and O–H groups in total. The Hall–Kier alpha value is -6.97. The maximum absolute atomic E-state index is 7.34. The number of rotatable bonds is 4. The van der Waals surface area contributed by atoms with E-state index in [1.165, 1.54) is 66.5 Å². The summed E-state index contributed by atoms with van der Waals surface area (Å²) in [5, 5.41) is 4.63. The van der Waals surface area contributed by atoms with Gasteiger partial charge in [0.15, 0.2) is 0 Å². The van der Waals surface area contributed by atoms with E-state index in [2.05, 4.69) is 207 Å². The number of benzene rings is 8. The number of furan rings is 2. The van der Waals surface area contributed by atoms with E-state index in [0.717, 1.165) is 38.7 Å². The van der Waals surface area contributed by atoms with Crippen molar-refractivity contribution in [1.82, 2.24) is 0 Å². The van der Waals surface area contributed by atoms with Crippen LogP contribution in [0, 0.1) is 0 Å². The number of anilines is 2. The Balaban J connectivity index is 1.13. The SMILES string of the molecule is CC1(C)c2ccccc2N(B2c3oc4ccc5ccccc5c4c3B(c3ccc(-c4cccc(-c5ccccc5)c4)cc3)c3oc4ccccc4c32)c2ccccc21. The average molecular weight is 742 g/mol. The van der Waals surface area contributed by atoms with Crippen molar-refractivity contribution in [2.75, 3.05) is 4.81 Å². The molecule has 0 unspecified atom stereocenters. The van der Waals surface area contributed by atoms with Gasteiger partial charge >= 0.3 is 6.85 Å². The molecule has 58 heavy (non-hydrogen) atoms. The topological polar surface area (TPSA) is 29.5 Å². The lowest BCUT2D eigenvalue weighted by molar-refractivity contribution is 0.631. The first-order valence-corrected chi connectivity index (χ1v) is 20.2. The van der Waals surface area contributed by atoms with Crippen molar-refractivity contribution in [3.05, 3.63) is 199 Å². The van der Waals surface area contributed by atoms with E-state index in [0.29, 0.717) is 0 Å². The van der Waals surface area contributed by atoms with Gasteiger partial charge in [0.1, 0.15) is 11.2 Å². The first kappa shape index (κ1) is 33.2. The molecule has 272 valence electrons. The highest BCUT2D eigenvalue weighted by Crippen LogP contribution is 2.49. The molecule has 0 amide bonds. The summed E-state index contributed by atoms with van der Waals surface area (Å²) in [6.45, 7) is 4.18. The molecule has 0 saturated carbocycles. The van der Waals surface area contributed by atoms with Crippen molar-refractivity contribution < 1.29 is 8.83 Å². The van der Waals surface area contributed by atoms with Crippen LogP contribution in [0.2, 0.25) is 0 Å². The second-order valence-electron chi connectivity index (χ2n) is 16.3. The van der Waals surface area contributed by atoms with Gasteiger partial charge in [0.25, 0.3) is 6.71 Å². The number of fused-ring (bicyclic) bond motifs is 10. The van der Waals surface area contributed by atoms with Gasteiger partial charge in [-0.05, 0) is 85.4 Å². The summed E-state index contributed by atoms with van der Waals surface area (Å²) < 4.78 is 14.5. The molecule has 0 saturated heterocycles. The average Bonchev–Trinajstić information content (AvgIpc) is 3.86. The van der Waals surface area contributed by atoms with Crippen LogP contribution >= 0.6 is 0 Å². The fourth-order valence-electron chi connectivity index (χ4n) is 10.2. The van der Waals surface area contributed by atoms with Crippen molar-refractivity contribution >= 4 is 85.4 Å². The molecule has 0 spiro atoms. The van der Waals surface area contributed by atoms with Crippen LogP contribution in [0.1, 0.15) is 25.0 Å². The summed E-state index contributed by atoms with van der Waals surface area (Å²) in [4.78, 5) is 2.54.